The summed E-state index contributed by atoms with van der Waals surface area (Å²) in [5.41, 5.74) is 0. The first-order chi connectivity index (χ1) is 9.11. The van der Waals surface area contributed by atoms with Gasteiger partial charge in [0.1, 0.15) is 24.4 Å². The van der Waals surface area contributed by atoms with Crippen LogP contribution in [0.3, 0.4) is 0 Å². The number of hydrogen-bond acceptors (Lipinski definition) is 6. The molecule has 114 valence electrons. The molecule has 0 aromatic carbocycles. The molecule has 0 saturated carbocycles. The van der Waals surface area contributed by atoms with E-state index in [0.717, 1.165) is 25.7 Å². The van der Waals surface area contributed by atoms with Crippen LogP contribution in [-0.4, -0.2) is 70.2 Å². The van der Waals surface area contributed by atoms with Crippen LogP contribution in [-0.2, 0) is 9.47 Å². The van der Waals surface area contributed by atoms with Gasteiger partial charge in [-0.15, -0.1) is 11.6 Å². The smallest absolute Gasteiger partial charge is 0.184 e. The van der Waals surface area contributed by atoms with E-state index >= 15 is 0 Å². The molecule has 6 nitrogen and oxygen atoms in total. The van der Waals surface area contributed by atoms with Crippen LogP contribution in [0.4, 0.5) is 0 Å². The van der Waals surface area contributed by atoms with Crippen LogP contribution in [0, 0.1) is 0 Å². The van der Waals surface area contributed by atoms with Gasteiger partial charge in [0, 0.05) is 12.5 Å². The Labute approximate surface area is 117 Å². The number of aliphatic hydroxyl groups excluding tert-OH is 4. The zero-order valence-electron chi connectivity index (χ0n) is 10.8. The summed E-state index contributed by atoms with van der Waals surface area (Å²) < 4.78 is 10.3. The van der Waals surface area contributed by atoms with Gasteiger partial charge in [-0.1, -0.05) is 12.8 Å². The predicted molar refractivity (Wildman–Crippen MR) is 68.9 cm³/mol. The van der Waals surface area contributed by atoms with Crippen LogP contribution in [0.1, 0.15) is 25.7 Å². The minimum Gasteiger partial charge on any atom is -0.394 e. The maximum atomic E-state index is 9.86. The first kappa shape index (κ1) is 17.1. The second-order valence-electron chi connectivity index (χ2n) is 4.67. The molecule has 1 fully saturated rings. The fourth-order valence-electron chi connectivity index (χ4n) is 2.03. The third-order valence-electron chi connectivity index (χ3n) is 3.18. The highest BCUT2D eigenvalue weighted by atomic mass is 35.5. The minimum atomic E-state index is -1.46. The number of alkyl halides is 1. The summed E-state index contributed by atoms with van der Waals surface area (Å²) in [6, 6.07) is 0. The van der Waals surface area contributed by atoms with E-state index in [4.69, 9.17) is 26.2 Å². The standard InChI is InChI=1S/C12H23ClO6/c13-5-3-1-2-4-6-18-11-9(15)8(7-14)19-12(17)10(11)16/h8-12,14-17H,1-7H2/t8-,9-,10-,11+,12?/m1/s1. The van der Waals surface area contributed by atoms with Crippen LogP contribution in [0.2, 0.25) is 0 Å². The molecular weight excluding hydrogens is 276 g/mol. The van der Waals surface area contributed by atoms with Crippen molar-refractivity contribution in [3.05, 3.63) is 0 Å². The van der Waals surface area contributed by atoms with Crippen molar-refractivity contribution in [3.63, 3.8) is 0 Å². The molecule has 1 aliphatic rings. The average Bonchev–Trinajstić information content (AvgIpc) is 2.41. The van der Waals surface area contributed by atoms with Crippen LogP contribution in [0.5, 0.6) is 0 Å². The maximum absolute atomic E-state index is 9.86. The number of aliphatic hydroxyl groups is 4. The number of hydrogen-bond donors (Lipinski definition) is 4. The Morgan fingerprint density at radius 1 is 1.00 bits per heavy atom. The first-order valence-electron chi connectivity index (χ1n) is 6.60. The van der Waals surface area contributed by atoms with E-state index < -0.39 is 37.3 Å². The first-order valence-corrected chi connectivity index (χ1v) is 7.13. The number of ether oxygens (including phenoxy) is 2. The highest BCUT2D eigenvalue weighted by Crippen LogP contribution is 2.22. The molecule has 19 heavy (non-hydrogen) atoms. The zero-order valence-corrected chi connectivity index (χ0v) is 11.6. The third kappa shape index (κ3) is 5.15. The minimum absolute atomic E-state index is 0.367. The average molecular weight is 299 g/mol. The Bertz CT molecular complexity index is 242. The van der Waals surface area contributed by atoms with Crippen molar-refractivity contribution in [2.24, 2.45) is 0 Å². The topological polar surface area (TPSA) is 99.4 Å². The molecule has 1 aliphatic heterocycles. The van der Waals surface area contributed by atoms with Crippen molar-refractivity contribution in [1.82, 2.24) is 0 Å². The van der Waals surface area contributed by atoms with E-state index in [1.807, 2.05) is 0 Å². The van der Waals surface area contributed by atoms with Crippen molar-refractivity contribution >= 4 is 11.6 Å². The molecule has 0 aliphatic carbocycles. The zero-order chi connectivity index (χ0) is 14.3. The summed E-state index contributed by atoms with van der Waals surface area (Å²) in [6.45, 7) is -0.0769. The molecule has 0 aromatic rings. The molecule has 1 rings (SSSR count). The number of rotatable bonds is 8. The fraction of sp³-hybridized carbons (Fsp3) is 1.00. The van der Waals surface area contributed by atoms with Crippen molar-refractivity contribution in [3.8, 4) is 0 Å². The second kappa shape index (κ2) is 9.07. The number of halogens is 1. The molecule has 0 bridgehead atoms. The van der Waals surface area contributed by atoms with E-state index in [0.29, 0.717) is 12.5 Å². The summed E-state index contributed by atoms with van der Waals surface area (Å²) in [5.74, 6) is 0.641. The van der Waals surface area contributed by atoms with Gasteiger partial charge in [0.25, 0.3) is 0 Å². The lowest BCUT2D eigenvalue weighted by Crippen LogP contribution is -2.59. The van der Waals surface area contributed by atoms with Crippen LogP contribution in [0.15, 0.2) is 0 Å². The normalized spacial score (nSPS) is 35.5. The molecule has 1 saturated heterocycles. The van der Waals surface area contributed by atoms with Gasteiger partial charge in [0.15, 0.2) is 6.29 Å². The quantitative estimate of drug-likeness (QED) is 0.359. The van der Waals surface area contributed by atoms with Crippen molar-refractivity contribution in [1.29, 1.82) is 0 Å². The molecule has 0 aromatic heterocycles. The summed E-state index contributed by atoms with van der Waals surface area (Å²) in [5, 5.41) is 38.0. The highest BCUT2D eigenvalue weighted by molar-refractivity contribution is 6.17. The SMILES string of the molecule is OC[C@H]1OC(O)[C@H](O)[C@@H](OCCCCCCCl)[C@@H]1O. The monoisotopic (exact) mass is 298 g/mol. The summed E-state index contributed by atoms with van der Waals surface area (Å²) in [6.07, 6.45) is -2.13. The highest BCUT2D eigenvalue weighted by Gasteiger charge is 2.44. The molecule has 0 spiro atoms. The van der Waals surface area contributed by atoms with Crippen molar-refractivity contribution < 1.29 is 29.9 Å². The van der Waals surface area contributed by atoms with Gasteiger partial charge in [0.2, 0.25) is 0 Å². The fourth-order valence-corrected chi connectivity index (χ4v) is 2.22. The Balaban J connectivity index is 2.32. The molecule has 1 unspecified atom stereocenters. The Morgan fingerprint density at radius 3 is 2.32 bits per heavy atom. The Hall–Kier alpha value is 0.0500. The van der Waals surface area contributed by atoms with Gasteiger partial charge in [-0.05, 0) is 12.8 Å². The predicted octanol–water partition coefficient (Wildman–Crippen LogP) is -0.398. The van der Waals surface area contributed by atoms with E-state index in [1.165, 1.54) is 0 Å². The molecule has 7 heteroatoms. The van der Waals surface area contributed by atoms with E-state index in [2.05, 4.69) is 0 Å². The van der Waals surface area contributed by atoms with Crippen molar-refractivity contribution in [2.75, 3.05) is 19.1 Å². The van der Waals surface area contributed by atoms with Crippen molar-refractivity contribution in [2.45, 2.75) is 56.4 Å². The Morgan fingerprint density at radius 2 is 1.68 bits per heavy atom. The molecular formula is C12H23ClO6. The largest absolute Gasteiger partial charge is 0.394 e. The molecule has 4 N–H and O–H groups in total. The lowest BCUT2D eigenvalue weighted by Gasteiger charge is -2.39. The Kier molecular flexibility index (Phi) is 8.17. The van der Waals surface area contributed by atoms with E-state index in [-0.39, 0.29) is 0 Å². The van der Waals surface area contributed by atoms with Gasteiger partial charge >= 0.3 is 0 Å². The van der Waals surface area contributed by atoms with Gasteiger partial charge in [-0.25, -0.2) is 0 Å². The number of unbranched alkanes of at least 4 members (excludes halogenated alkanes) is 3. The summed E-state index contributed by atoms with van der Waals surface area (Å²) in [7, 11) is 0. The lowest BCUT2D eigenvalue weighted by atomic mass is 9.99. The van der Waals surface area contributed by atoms with Gasteiger partial charge < -0.3 is 29.9 Å². The second-order valence-corrected chi connectivity index (χ2v) is 5.05. The van der Waals surface area contributed by atoms with Gasteiger partial charge in [0.05, 0.1) is 6.61 Å². The van der Waals surface area contributed by atoms with Crippen LogP contribution >= 0.6 is 11.6 Å². The molecule has 0 amide bonds. The van der Waals surface area contributed by atoms with Crippen LogP contribution < -0.4 is 0 Å². The van der Waals surface area contributed by atoms with E-state index in [9.17, 15) is 15.3 Å². The van der Waals surface area contributed by atoms with Gasteiger partial charge in [-0.3, -0.25) is 0 Å². The van der Waals surface area contributed by atoms with E-state index in [1.54, 1.807) is 0 Å². The molecule has 1 heterocycles. The summed E-state index contributed by atoms with van der Waals surface area (Å²) >= 11 is 5.56. The van der Waals surface area contributed by atoms with Crippen LogP contribution in [0.25, 0.3) is 0 Å². The maximum Gasteiger partial charge on any atom is 0.184 e. The molecule has 0 radical (unpaired) electrons. The summed E-state index contributed by atoms with van der Waals surface area (Å²) in [4.78, 5) is 0. The van der Waals surface area contributed by atoms with Gasteiger partial charge in [-0.2, -0.15) is 0 Å². The lowest BCUT2D eigenvalue weighted by molar-refractivity contribution is -0.294. The third-order valence-corrected chi connectivity index (χ3v) is 3.45. The molecule has 5 atom stereocenters.